The Labute approximate surface area is 125 Å². The van der Waals surface area contributed by atoms with Crippen LogP contribution in [0.1, 0.15) is 6.23 Å². The molecule has 0 radical (unpaired) electrons. The van der Waals surface area contributed by atoms with Gasteiger partial charge in [0.15, 0.2) is 6.23 Å². The summed E-state index contributed by atoms with van der Waals surface area (Å²) >= 11 is 0. The van der Waals surface area contributed by atoms with Crippen molar-refractivity contribution in [2.75, 3.05) is 26.9 Å². The normalized spacial score (nSPS) is 28.1. The molecule has 0 aliphatic carbocycles. The molecule has 0 amide bonds. The van der Waals surface area contributed by atoms with Crippen LogP contribution in [0.2, 0.25) is 0 Å². The molecule has 1 aromatic rings. The van der Waals surface area contributed by atoms with Gasteiger partial charge in [0, 0.05) is 19.4 Å². The second-order valence-corrected chi connectivity index (χ2v) is 4.75. The summed E-state index contributed by atoms with van der Waals surface area (Å²) in [6.07, 6.45) is -1.18. The summed E-state index contributed by atoms with van der Waals surface area (Å²) in [5, 5.41) is 18.6. The fourth-order valence-corrected chi connectivity index (χ4v) is 2.35. The summed E-state index contributed by atoms with van der Waals surface area (Å²) in [6.45, 7) is 0.137. The molecule has 2 rings (SSSR count). The average molecular weight is 317 g/mol. The van der Waals surface area contributed by atoms with E-state index in [-0.39, 0.29) is 13.2 Å². The van der Waals surface area contributed by atoms with Gasteiger partial charge < -0.3 is 24.5 Å². The van der Waals surface area contributed by atoms with Crippen molar-refractivity contribution in [1.29, 1.82) is 0 Å². The first kappa shape index (κ1) is 16.8. The van der Waals surface area contributed by atoms with E-state index in [0.717, 1.165) is 4.57 Å². The van der Waals surface area contributed by atoms with Crippen LogP contribution in [0.4, 0.5) is 0 Å². The van der Waals surface area contributed by atoms with Gasteiger partial charge in [-0.1, -0.05) is 0 Å². The molecule has 0 unspecified atom stereocenters. The van der Waals surface area contributed by atoms with Crippen LogP contribution in [0.3, 0.4) is 0 Å². The molecule has 4 N–H and O–H groups in total. The predicted molar refractivity (Wildman–Crippen MR) is 72.6 cm³/mol. The maximum absolute atomic E-state index is 11.9. The first-order valence-electron chi connectivity index (χ1n) is 6.70. The lowest BCUT2D eigenvalue weighted by Gasteiger charge is -2.23. The second-order valence-electron chi connectivity index (χ2n) is 4.75. The van der Waals surface area contributed by atoms with E-state index in [4.69, 9.17) is 14.2 Å². The van der Waals surface area contributed by atoms with Gasteiger partial charge in [-0.3, -0.25) is 14.3 Å². The molecule has 22 heavy (non-hydrogen) atoms. The fourth-order valence-electron chi connectivity index (χ4n) is 2.35. The highest BCUT2D eigenvalue weighted by molar-refractivity contribution is 4.96. The molecule has 1 aliphatic rings. The third kappa shape index (κ3) is 3.43. The summed E-state index contributed by atoms with van der Waals surface area (Å²) in [7, 11) is 1.51. The lowest BCUT2D eigenvalue weighted by molar-refractivity contribution is -0.0800. The van der Waals surface area contributed by atoms with Crippen LogP contribution in [-0.4, -0.2) is 65.0 Å². The Kier molecular flexibility index (Phi) is 5.83. The van der Waals surface area contributed by atoms with Crippen molar-refractivity contribution < 1.29 is 24.5 Å². The maximum atomic E-state index is 11.9. The van der Waals surface area contributed by atoms with Crippen LogP contribution < -0.4 is 16.7 Å². The minimum absolute atomic E-state index is 0.204. The van der Waals surface area contributed by atoms with Crippen LogP contribution in [0.15, 0.2) is 21.9 Å². The Bertz CT molecular complexity index is 587. The van der Waals surface area contributed by atoms with Gasteiger partial charge in [-0.2, -0.15) is 5.48 Å². The molecule has 1 saturated heterocycles. The molecule has 4 atom stereocenters. The molecule has 0 aromatic carbocycles. The number of aromatic amines is 1. The van der Waals surface area contributed by atoms with Crippen LogP contribution in [0.25, 0.3) is 0 Å². The van der Waals surface area contributed by atoms with Crippen molar-refractivity contribution in [1.82, 2.24) is 15.0 Å². The van der Waals surface area contributed by atoms with Crippen molar-refractivity contribution in [3.63, 3.8) is 0 Å². The van der Waals surface area contributed by atoms with Crippen molar-refractivity contribution >= 4 is 0 Å². The number of aromatic nitrogens is 2. The predicted octanol–water partition coefficient (Wildman–Crippen LogP) is -2.19. The average Bonchev–Trinajstić information content (AvgIpc) is 2.85. The van der Waals surface area contributed by atoms with Crippen LogP contribution >= 0.6 is 0 Å². The first-order valence-corrected chi connectivity index (χ1v) is 6.70. The Morgan fingerprint density at radius 3 is 2.82 bits per heavy atom. The summed E-state index contributed by atoms with van der Waals surface area (Å²) in [5.74, 6) is 0. The molecule has 10 nitrogen and oxygen atoms in total. The number of methoxy groups -OCH3 is 1. The zero-order valence-corrected chi connectivity index (χ0v) is 12.0. The smallest absolute Gasteiger partial charge is 0.330 e. The van der Waals surface area contributed by atoms with Gasteiger partial charge in [0.05, 0.1) is 25.9 Å². The minimum atomic E-state index is -0.914. The van der Waals surface area contributed by atoms with Crippen LogP contribution in [0, 0.1) is 0 Å². The molecule has 1 fully saturated rings. The standard InChI is InChI=1S/C12H19N3O7/c1-20-4-5-21-10-9(14-19)7(6-16)22-11(10)15-3-2-8(17)13-12(15)18/h2-3,7,9-11,14,16,19H,4-6H2,1H3,(H,13,17,18)/t7-,9-,10-,11-/m1/s1. The number of hydroxylamine groups is 1. The number of H-pyrrole nitrogens is 1. The van der Waals surface area contributed by atoms with E-state index in [9.17, 15) is 19.9 Å². The molecular formula is C12H19N3O7. The Morgan fingerprint density at radius 2 is 2.23 bits per heavy atom. The second kappa shape index (κ2) is 7.63. The number of aliphatic hydroxyl groups is 1. The quantitative estimate of drug-likeness (QED) is 0.329. The summed E-state index contributed by atoms with van der Waals surface area (Å²) in [5.41, 5.74) is 0.826. The minimum Gasteiger partial charge on any atom is -0.394 e. The molecule has 2 heterocycles. The van der Waals surface area contributed by atoms with Crippen LogP contribution in [-0.2, 0) is 14.2 Å². The van der Waals surface area contributed by atoms with Gasteiger partial charge in [0.1, 0.15) is 12.2 Å². The SMILES string of the molecule is COCCO[C@@H]1[C@H](NO)[C@@H](CO)O[C@H]1n1ccc(=O)[nH]c1=O. The van der Waals surface area contributed by atoms with Crippen molar-refractivity contribution in [3.8, 4) is 0 Å². The zero-order valence-electron chi connectivity index (χ0n) is 12.0. The topological polar surface area (TPSA) is 135 Å². The van der Waals surface area contributed by atoms with Gasteiger partial charge in [0.25, 0.3) is 5.56 Å². The lowest BCUT2D eigenvalue weighted by Crippen LogP contribution is -2.46. The Morgan fingerprint density at radius 1 is 1.45 bits per heavy atom. The highest BCUT2D eigenvalue weighted by Crippen LogP contribution is 2.30. The lowest BCUT2D eigenvalue weighted by atomic mass is 10.1. The van der Waals surface area contributed by atoms with Gasteiger partial charge in [0.2, 0.25) is 0 Å². The molecule has 1 aromatic heterocycles. The van der Waals surface area contributed by atoms with Gasteiger partial charge in [-0.15, -0.1) is 0 Å². The summed E-state index contributed by atoms with van der Waals surface area (Å²) < 4.78 is 17.2. The highest BCUT2D eigenvalue weighted by Gasteiger charge is 2.46. The van der Waals surface area contributed by atoms with Crippen molar-refractivity contribution in [2.45, 2.75) is 24.5 Å². The molecule has 0 spiro atoms. The van der Waals surface area contributed by atoms with Gasteiger partial charge in [-0.25, -0.2) is 4.79 Å². The Balaban J connectivity index is 2.29. The molecule has 10 heteroatoms. The van der Waals surface area contributed by atoms with E-state index in [0.29, 0.717) is 6.61 Å². The summed E-state index contributed by atoms with van der Waals surface area (Å²) in [4.78, 5) is 25.2. The number of ether oxygens (including phenoxy) is 3. The summed E-state index contributed by atoms with van der Waals surface area (Å²) in [6, 6.07) is 0.427. The number of aliphatic hydroxyl groups excluding tert-OH is 1. The van der Waals surface area contributed by atoms with E-state index in [2.05, 4.69) is 4.98 Å². The van der Waals surface area contributed by atoms with Gasteiger partial charge >= 0.3 is 5.69 Å². The van der Waals surface area contributed by atoms with E-state index in [1.165, 1.54) is 19.4 Å². The molecular weight excluding hydrogens is 298 g/mol. The largest absolute Gasteiger partial charge is 0.394 e. The molecule has 1 aliphatic heterocycles. The molecule has 124 valence electrons. The molecule has 0 saturated carbocycles. The number of nitrogens with zero attached hydrogens (tertiary/aromatic N) is 1. The number of hydrogen-bond acceptors (Lipinski definition) is 8. The highest BCUT2D eigenvalue weighted by atomic mass is 16.6. The van der Waals surface area contributed by atoms with Crippen molar-refractivity contribution in [2.24, 2.45) is 0 Å². The van der Waals surface area contributed by atoms with E-state index < -0.39 is 35.7 Å². The number of rotatable bonds is 7. The fraction of sp³-hybridized carbons (Fsp3) is 0.667. The van der Waals surface area contributed by atoms with E-state index >= 15 is 0 Å². The maximum Gasteiger partial charge on any atom is 0.330 e. The van der Waals surface area contributed by atoms with E-state index in [1.54, 1.807) is 0 Å². The third-order valence-corrected chi connectivity index (χ3v) is 3.40. The third-order valence-electron chi connectivity index (χ3n) is 3.40. The van der Waals surface area contributed by atoms with Crippen LogP contribution in [0.5, 0.6) is 0 Å². The van der Waals surface area contributed by atoms with E-state index in [1.807, 2.05) is 5.48 Å². The first-order chi connectivity index (χ1) is 10.6. The number of hydrogen-bond donors (Lipinski definition) is 4. The monoisotopic (exact) mass is 317 g/mol. The zero-order chi connectivity index (χ0) is 16.1. The molecule has 0 bridgehead atoms. The van der Waals surface area contributed by atoms with Gasteiger partial charge in [-0.05, 0) is 0 Å². The van der Waals surface area contributed by atoms with Crippen molar-refractivity contribution in [3.05, 3.63) is 33.1 Å². The number of nitrogens with one attached hydrogen (secondary N) is 2. The Hall–Kier alpha value is -1.56.